The molecule has 1 saturated heterocycles. The van der Waals surface area contributed by atoms with Crippen molar-refractivity contribution in [2.75, 3.05) is 38.6 Å². The van der Waals surface area contributed by atoms with Gasteiger partial charge >= 0.3 is 0 Å². The Bertz CT molecular complexity index is 413. The summed E-state index contributed by atoms with van der Waals surface area (Å²) >= 11 is 6.12. The van der Waals surface area contributed by atoms with Crippen LogP contribution < -0.4 is 5.32 Å². The van der Waals surface area contributed by atoms with Crippen LogP contribution in [0.1, 0.15) is 19.8 Å². The molecule has 0 spiro atoms. The summed E-state index contributed by atoms with van der Waals surface area (Å²) in [5.41, 5.74) is 1.03. The lowest BCUT2D eigenvalue weighted by molar-refractivity contribution is -0.0496. The van der Waals surface area contributed by atoms with Crippen molar-refractivity contribution in [3.05, 3.63) is 29.3 Å². The van der Waals surface area contributed by atoms with Crippen LogP contribution in [0.5, 0.6) is 0 Å². The highest BCUT2D eigenvalue weighted by molar-refractivity contribution is 6.33. The Kier molecular flexibility index (Phi) is 5.08. The molecule has 1 fully saturated rings. The van der Waals surface area contributed by atoms with E-state index in [1.807, 2.05) is 31.4 Å². The van der Waals surface area contributed by atoms with E-state index in [9.17, 15) is 0 Å². The number of methoxy groups -OCH3 is 1. The van der Waals surface area contributed by atoms with Gasteiger partial charge in [-0.15, -0.1) is 0 Å². The molecular weight excluding hydrogens is 260 g/mol. The predicted molar refractivity (Wildman–Crippen MR) is 81.0 cm³/mol. The Labute approximate surface area is 120 Å². The van der Waals surface area contributed by atoms with E-state index in [0.717, 1.165) is 43.3 Å². The lowest BCUT2D eigenvalue weighted by Crippen LogP contribution is -2.48. The van der Waals surface area contributed by atoms with Gasteiger partial charge in [0.25, 0.3) is 0 Å². The van der Waals surface area contributed by atoms with E-state index in [1.54, 1.807) is 0 Å². The molecule has 1 atom stereocenters. The van der Waals surface area contributed by atoms with Crippen molar-refractivity contribution in [2.24, 2.45) is 0 Å². The van der Waals surface area contributed by atoms with Gasteiger partial charge in [0.15, 0.2) is 0 Å². The van der Waals surface area contributed by atoms with Gasteiger partial charge in [0, 0.05) is 26.7 Å². The monoisotopic (exact) mass is 282 g/mol. The Balaban J connectivity index is 1.78. The molecule has 0 radical (unpaired) electrons. The van der Waals surface area contributed by atoms with Gasteiger partial charge in [-0.05, 0) is 38.4 Å². The predicted octanol–water partition coefficient (Wildman–Crippen LogP) is 3.25. The minimum absolute atomic E-state index is 0.0165. The van der Waals surface area contributed by atoms with Crippen LogP contribution in [0.4, 0.5) is 5.69 Å². The molecular formula is C15H23ClN2O. The number of piperidine rings is 1. The zero-order chi connectivity index (χ0) is 13.7. The first-order valence-electron chi connectivity index (χ1n) is 6.89. The first-order chi connectivity index (χ1) is 9.13. The van der Waals surface area contributed by atoms with Gasteiger partial charge < -0.3 is 10.1 Å². The SMILES string of the molecule is COC1(C)CCCN(CCNc2ccccc2Cl)C1. The van der Waals surface area contributed by atoms with Gasteiger partial charge in [-0.2, -0.15) is 0 Å². The number of rotatable bonds is 5. The molecule has 3 nitrogen and oxygen atoms in total. The number of hydrogen-bond donors (Lipinski definition) is 1. The van der Waals surface area contributed by atoms with Gasteiger partial charge in [0.1, 0.15) is 0 Å². The number of ether oxygens (including phenoxy) is 1. The molecule has 4 heteroatoms. The maximum absolute atomic E-state index is 6.12. The molecule has 1 aromatic carbocycles. The second-order valence-corrected chi connectivity index (χ2v) is 5.85. The molecule has 0 aromatic heterocycles. The summed E-state index contributed by atoms with van der Waals surface area (Å²) < 4.78 is 5.61. The third kappa shape index (κ3) is 4.10. The third-order valence-corrected chi connectivity index (χ3v) is 4.18. The summed E-state index contributed by atoms with van der Waals surface area (Å²) in [6, 6.07) is 7.86. The van der Waals surface area contributed by atoms with Crippen molar-refractivity contribution in [3.63, 3.8) is 0 Å². The second-order valence-electron chi connectivity index (χ2n) is 5.44. The molecule has 1 unspecified atom stereocenters. The van der Waals surface area contributed by atoms with Crippen LogP contribution in [-0.4, -0.2) is 43.8 Å². The smallest absolute Gasteiger partial charge is 0.0777 e. The number of likely N-dealkylation sites (tertiary alicyclic amines) is 1. The quantitative estimate of drug-likeness (QED) is 0.897. The molecule has 106 valence electrons. The van der Waals surface area contributed by atoms with E-state index < -0.39 is 0 Å². The fourth-order valence-corrected chi connectivity index (χ4v) is 2.82. The van der Waals surface area contributed by atoms with Gasteiger partial charge in [0.05, 0.1) is 16.3 Å². The maximum atomic E-state index is 6.12. The molecule has 1 aliphatic rings. The summed E-state index contributed by atoms with van der Waals surface area (Å²) in [5.74, 6) is 0. The summed E-state index contributed by atoms with van der Waals surface area (Å²) in [4.78, 5) is 2.46. The number of halogens is 1. The molecule has 0 aliphatic carbocycles. The highest BCUT2D eigenvalue weighted by Crippen LogP contribution is 2.24. The van der Waals surface area contributed by atoms with Crippen LogP contribution in [0.2, 0.25) is 5.02 Å². The number of nitrogens with one attached hydrogen (secondary N) is 1. The number of nitrogens with zero attached hydrogens (tertiary/aromatic N) is 1. The maximum Gasteiger partial charge on any atom is 0.0777 e. The minimum atomic E-state index is 0.0165. The molecule has 1 N–H and O–H groups in total. The zero-order valence-electron chi connectivity index (χ0n) is 11.8. The van der Waals surface area contributed by atoms with Crippen LogP contribution >= 0.6 is 11.6 Å². The van der Waals surface area contributed by atoms with E-state index in [-0.39, 0.29) is 5.60 Å². The fourth-order valence-electron chi connectivity index (χ4n) is 2.62. The highest BCUT2D eigenvalue weighted by Gasteiger charge is 2.30. The molecule has 19 heavy (non-hydrogen) atoms. The largest absolute Gasteiger partial charge is 0.383 e. The summed E-state index contributed by atoms with van der Waals surface area (Å²) in [7, 11) is 1.81. The van der Waals surface area contributed by atoms with Crippen molar-refractivity contribution in [1.29, 1.82) is 0 Å². The molecule has 2 rings (SSSR count). The van der Waals surface area contributed by atoms with Gasteiger partial charge in [0.2, 0.25) is 0 Å². The third-order valence-electron chi connectivity index (χ3n) is 3.85. The summed E-state index contributed by atoms with van der Waals surface area (Å²) in [6.07, 6.45) is 2.36. The van der Waals surface area contributed by atoms with Crippen LogP contribution in [0.15, 0.2) is 24.3 Å². The lowest BCUT2D eigenvalue weighted by Gasteiger charge is -2.39. The standard InChI is InChI=1S/C15H23ClN2O/c1-15(19-2)8-5-10-18(12-15)11-9-17-14-7-4-3-6-13(14)16/h3-4,6-7,17H,5,8-12H2,1-2H3. The number of hydrogen-bond acceptors (Lipinski definition) is 3. The van der Waals surface area contributed by atoms with Crippen LogP contribution in [0.25, 0.3) is 0 Å². The lowest BCUT2D eigenvalue weighted by atomic mass is 9.95. The Morgan fingerprint density at radius 1 is 1.42 bits per heavy atom. The Morgan fingerprint density at radius 3 is 2.95 bits per heavy atom. The molecule has 1 heterocycles. The number of anilines is 1. The molecule has 1 aliphatic heterocycles. The van der Waals surface area contributed by atoms with Crippen molar-refractivity contribution in [2.45, 2.75) is 25.4 Å². The van der Waals surface area contributed by atoms with Crippen molar-refractivity contribution >= 4 is 17.3 Å². The zero-order valence-corrected chi connectivity index (χ0v) is 12.5. The first-order valence-corrected chi connectivity index (χ1v) is 7.27. The topological polar surface area (TPSA) is 24.5 Å². The fraction of sp³-hybridized carbons (Fsp3) is 0.600. The molecule has 0 amide bonds. The van der Waals surface area contributed by atoms with Crippen LogP contribution in [-0.2, 0) is 4.74 Å². The minimum Gasteiger partial charge on any atom is -0.383 e. The molecule has 1 aromatic rings. The van der Waals surface area contributed by atoms with Crippen molar-refractivity contribution < 1.29 is 4.74 Å². The summed E-state index contributed by atoms with van der Waals surface area (Å²) in [5, 5.41) is 4.17. The van der Waals surface area contributed by atoms with E-state index in [1.165, 1.54) is 6.42 Å². The van der Waals surface area contributed by atoms with Gasteiger partial charge in [-0.1, -0.05) is 23.7 Å². The normalized spacial score (nSPS) is 24.4. The number of benzene rings is 1. The Morgan fingerprint density at radius 2 is 2.21 bits per heavy atom. The van der Waals surface area contributed by atoms with E-state index >= 15 is 0 Å². The average Bonchev–Trinajstić information content (AvgIpc) is 2.41. The first kappa shape index (κ1) is 14.6. The van der Waals surface area contributed by atoms with E-state index in [4.69, 9.17) is 16.3 Å². The highest BCUT2D eigenvalue weighted by atomic mass is 35.5. The van der Waals surface area contributed by atoms with Crippen LogP contribution in [0.3, 0.4) is 0 Å². The van der Waals surface area contributed by atoms with Crippen molar-refractivity contribution in [1.82, 2.24) is 4.90 Å². The average molecular weight is 283 g/mol. The van der Waals surface area contributed by atoms with Crippen LogP contribution in [0, 0.1) is 0 Å². The number of para-hydroxylation sites is 1. The summed E-state index contributed by atoms with van der Waals surface area (Å²) in [6.45, 7) is 6.28. The second kappa shape index (κ2) is 6.60. The Hall–Kier alpha value is -0.770. The van der Waals surface area contributed by atoms with Crippen molar-refractivity contribution in [3.8, 4) is 0 Å². The van der Waals surface area contributed by atoms with E-state index in [2.05, 4.69) is 17.1 Å². The molecule has 0 saturated carbocycles. The van der Waals surface area contributed by atoms with E-state index in [0.29, 0.717) is 0 Å². The van der Waals surface area contributed by atoms with Gasteiger partial charge in [-0.25, -0.2) is 0 Å². The molecule has 0 bridgehead atoms. The van der Waals surface area contributed by atoms with Gasteiger partial charge in [-0.3, -0.25) is 4.90 Å².